The zero-order valence-corrected chi connectivity index (χ0v) is 18.7. The molecule has 0 fully saturated rings. The Kier molecular flexibility index (Phi) is 6.99. The molecule has 31 heavy (non-hydrogen) atoms. The Morgan fingerprint density at radius 1 is 0.742 bits per heavy atom. The van der Waals surface area contributed by atoms with Crippen LogP contribution in [0.3, 0.4) is 0 Å². The predicted molar refractivity (Wildman–Crippen MR) is 137 cm³/mol. The molecule has 0 aliphatic heterocycles. The second kappa shape index (κ2) is 10.3. The van der Waals surface area contributed by atoms with Gasteiger partial charge in [-0.05, 0) is 58.3 Å². The zero-order chi connectivity index (χ0) is 21.5. The van der Waals surface area contributed by atoms with E-state index in [9.17, 15) is 0 Å². The number of rotatable bonds is 9. The van der Waals surface area contributed by atoms with Crippen molar-refractivity contribution in [2.75, 3.05) is 18.0 Å². The van der Waals surface area contributed by atoms with E-state index in [2.05, 4.69) is 96.5 Å². The van der Waals surface area contributed by atoms with Crippen LogP contribution in [-0.2, 0) is 0 Å². The molecule has 1 heterocycles. The van der Waals surface area contributed by atoms with Crippen molar-refractivity contribution < 1.29 is 0 Å². The van der Waals surface area contributed by atoms with Gasteiger partial charge in [-0.3, -0.25) is 4.98 Å². The summed E-state index contributed by atoms with van der Waals surface area (Å²) in [7, 11) is 0. The Morgan fingerprint density at radius 3 is 2.06 bits per heavy atom. The molecule has 2 heteroatoms. The molecule has 0 bridgehead atoms. The van der Waals surface area contributed by atoms with Crippen LogP contribution in [0.25, 0.3) is 33.7 Å². The van der Waals surface area contributed by atoms with Crippen molar-refractivity contribution in [3.8, 4) is 0 Å². The van der Waals surface area contributed by atoms with Crippen LogP contribution in [0.2, 0.25) is 0 Å². The number of hydrogen-bond acceptors (Lipinski definition) is 2. The van der Waals surface area contributed by atoms with Gasteiger partial charge in [0.25, 0.3) is 0 Å². The molecule has 2 nitrogen and oxygen atoms in total. The molecule has 0 saturated carbocycles. The average Bonchev–Trinajstić information content (AvgIpc) is 2.82. The van der Waals surface area contributed by atoms with Gasteiger partial charge < -0.3 is 4.90 Å². The lowest BCUT2D eigenvalue weighted by Crippen LogP contribution is -2.25. The first kappa shape index (κ1) is 21.1. The van der Waals surface area contributed by atoms with Crippen LogP contribution >= 0.6 is 0 Å². The molecule has 0 unspecified atom stereocenters. The van der Waals surface area contributed by atoms with Crippen LogP contribution in [-0.4, -0.2) is 18.1 Å². The molecule has 0 saturated heterocycles. The van der Waals surface area contributed by atoms with Crippen LogP contribution in [0.15, 0.2) is 73.1 Å². The number of fused-ring (bicyclic) bond motifs is 2. The molecular formula is C29H32N2. The molecule has 0 radical (unpaired) electrons. The Labute approximate surface area is 186 Å². The van der Waals surface area contributed by atoms with Crippen molar-refractivity contribution in [1.29, 1.82) is 0 Å². The van der Waals surface area contributed by atoms with E-state index in [1.54, 1.807) is 0 Å². The largest absolute Gasteiger partial charge is 0.372 e. The minimum atomic E-state index is 1.14. The summed E-state index contributed by atoms with van der Waals surface area (Å²) in [4.78, 5) is 6.80. The fourth-order valence-corrected chi connectivity index (χ4v) is 4.18. The van der Waals surface area contributed by atoms with Gasteiger partial charge >= 0.3 is 0 Å². The van der Waals surface area contributed by atoms with Crippen molar-refractivity contribution in [3.05, 3.63) is 84.2 Å². The highest BCUT2D eigenvalue weighted by molar-refractivity contribution is 5.97. The summed E-state index contributed by atoms with van der Waals surface area (Å²) in [6.45, 7) is 6.81. The lowest BCUT2D eigenvalue weighted by atomic mass is 10.0. The van der Waals surface area contributed by atoms with Gasteiger partial charge in [-0.2, -0.15) is 0 Å². The van der Waals surface area contributed by atoms with Gasteiger partial charge in [-0.15, -0.1) is 0 Å². The third-order valence-electron chi connectivity index (χ3n) is 5.98. The highest BCUT2D eigenvalue weighted by Crippen LogP contribution is 2.27. The quantitative estimate of drug-likeness (QED) is 0.261. The molecule has 0 aliphatic carbocycles. The third-order valence-corrected chi connectivity index (χ3v) is 5.98. The van der Waals surface area contributed by atoms with Crippen molar-refractivity contribution >= 4 is 39.4 Å². The highest BCUT2D eigenvalue weighted by atomic mass is 15.1. The molecule has 4 aromatic rings. The first-order valence-electron chi connectivity index (χ1n) is 11.6. The van der Waals surface area contributed by atoms with Gasteiger partial charge in [0.05, 0.1) is 0 Å². The van der Waals surface area contributed by atoms with Gasteiger partial charge in [-0.1, -0.05) is 81.3 Å². The fourth-order valence-electron chi connectivity index (χ4n) is 4.18. The van der Waals surface area contributed by atoms with E-state index in [1.807, 2.05) is 12.4 Å². The van der Waals surface area contributed by atoms with Crippen LogP contribution in [0.5, 0.6) is 0 Å². The van der Waals surface area contributed by atoms with E-state index in [-0.39, 0.29) is 0 Å². The molecule has 0 amide bonds. The molecule has 0 N–H and O–H groups in total. The molecule has 1 aromatic heterocycles. The number of benzene rings is 3. The van der Waals surface area contributed by atoms with E-state index in [0.29, 0.717) is 0 Å². The molecule has 3 aromatic carbocycles. The summed E-state index contributed by atoms with van der Waals surface area (Å²) in [6.07, 6.45) is 13.2. The normalized spacial score (nSPS) is 11.5. The van der Waals surface area contributed by atoms with Crippen molar-refractivity contribution in [2.45, 2.75) is 39.5 Å². The van der Waals surface area contributed by atoms with E-state index >= 15 is 0 Å². The monoisotopic (exact) mass is 408 g/mol. The van der Waals surface area contributed by atoms with Gasteiger partial charge in [0.15, 0.2) is 0 Å². The fraction of sp³-hybridized carbons (Fsp3) is 0.276. The summed E-state index contributed by atoms with van der Waals surface area (Å²) < 4.78 is 0. The van der Waals surface area contributed by atoms with E-state index in [4.69, 9.17) is 0 Å². The van der Waals surface area contributed by atoms with Crippen LogP contribution in [0.1, 0.15) is 50.7 Å². The zero-order valence-electron chi connectivity index (χ0n) is 18.7. The number of anilines is 1. The maximum absolute atomic E-state index is 4.24. The van der Waals surface area contributed by atoms with Gasteiger partial charge in [0.1, 0.15) is 0 Å². The third kappa shape index (κ3) is 4.96. The highest BCUT2D eigenvalue weighted by Gasteiger charge is 2.08. The minimum Gasteiger partial charge on any atom is -0.372 e. The maximum Gasteiger partial charge on any atom is 0.0372 e. The van der Waals surface area contributed by atoms with Crippen LogP contribution in [0, 0.1) is 0 Å². The van der Waals surface area contributed by atoms with Crippen molar-refractivity contribution in [2.24, 2.45) is 0 Å². The van der Waals surface area contributed by atoms with E-state index < -0.39 is 0 Å². The van der Waals surface area contributed by atoms with E-state index in [0.717, 1.165) is 13.1 Å². The van der Waals surface area contributed by atoms with Gasteiger partial charge in [-0.25, -0.2) is 0 Å². The number of pyridine rings is 1. The SMILES string of the molecule is CCCCN(CCCC)c1ccc2c(C=Cc3cccc4cnccc34)cccc2c1. The number of unbranched alkanes of at least 4 members (excludes halogenated alkanes) is 2. The second-order valence-corrected chi connectivity index (χ2v) is 8.22. The lowest BCUT2D eigenvalue weighted by molar-refractivity contribution is 0.678. The summed E-state index contributed by atoms with van der Waals surface area (Å²) in [5.74, 6) is 0. The summed E-state index contributed by atoms with van der Waals surface area (Å²) in [6, 6.07) is 22.0. The molecule has 158 valence electrons. The van der Waals surface area contributed by atoms with Gasteiger partial charge in [0.2, 0.25) is 0 Å². The van der Waals surface area contributed by atoms with Crippen molar-refractivity contribution in [1.82, 2.24) is 4.98 Å². The average molecular weight is 409 g/mol. The minimum absolute atomic E-state index is 1.14. The standard InChI is InChI=1S/C29H32N2/c1-3-5-19-31(20-6-4-2)27-15-16-28-23(9-7-11-25(28)21-27)13-14-24-10-8-12-26-22-30-18-17-29(24)26/h7-18,21-22H,3-6,19-20H2,1-2H3. The van der Waals surface area contributed by atoms with Crippen LogP contribution in [0.4, 0.5) is 5.69 Å². The summed E-state index contributed by atoms with van der Waals surface area (Å²) >= 11 is 0. The molecule has 0 atom stereocenters. The van der Waals surface area contributed by atoms with E-state index in [1.165, 1.54) is 64.0 Å². The smallest absolute Gasteiger partial charge is 0.0372 e. The number of hydrogen-bond donors (Lipinski definition) is 0. The van der Waals surface area contributed by atoms with Crippen molar-refractivity contribution in [3.63, 3.8) is 0 Å². The number of nitrogens with zero attached hydrogens (tertiary/aromatic N) is 2. The molecule has 0 spiro atoms. The Hall–Kier alpha value is -3.13. The van der Waals surface area contributed by atoms with Crippen LogP contribution < -0.4 is 4.90 Å². The molecule has 0 aliphatic rings. The predicted octanol–water partition coefficient (Wildman–Crippen LogP) is 7.97. The Balaban J connectivity index is 1.65. The topological polar surface area (TPSA) is 16.1 Å². The lowest BCUT2D eigenvalue weighted by Gasteiger charge is -2.25. The first-order chi connectivity index (χ1) is 15.3. The maximum atomic E-state index is 4.24. The summed E-state index contributed by atoms with van der Waals surface area (Å²) in [5.41, 5.74) is 3.82. The first-order valence-corrected chi connectivity index (χ1v) is 11.6. The number of aromatic nitrogens is 1. The summed E-state index contributed by atoms with van der Waals surface area (Å²) in [5, 5.41) is 5.01. The Morgan fingerprint density at radius 2 is 1.39 bits per heavy atom. The second-order valence-electron chi connectivity index (χ2n) is 8.22. The van der Waals surface area contributed by atoms with Gasteiger partial charge in [0, 0.05) is 36.6 Å². The Bertz CT molecular complexity index is 1160. The molecular weight excluding hydrogens is 376 g/mol. The molecule has 4 rings (SSSR count).